The quantitative estimate of drug-likeness (QED) is 0.738. The summed E-state index contributed by atoms with van der Waals surface area (Å²) in [7, 11) is 1.33. The van der Waals surface area contributed by atoms with Crippen LogP contribution < -0.4 is 5.32 Å². The number of amides is 1. The van der Waals surface area contributed by atoms with E-state index in [4.69, 9.17) is 0 Å². The van der Waals surface area contributed by atoms with Crippen LogP contribution >= 0.6 is 0 Å². The lowest BCUT2D eigenvalue weighted by Crippen LogP contribution is -2.14. The van der Waals surface area contributed by atoms with Crippen molar-refractivity contribution in [2.45, 2.75) is 13.8 Å². The molecule has 0 bridgehead atoms. The number of hydrogen-bond donors (Lipinski definition) is 1. The molecule has 126 valence electrons. The number of aromatic nitrogens is 1. The molecule has 1 N–H and O–H groups in total. The lowest BCUT2D eigenvalue weighted by molar-refractivity contribution is 0.0600. The molecule has 2 aromatic carbocycles. The zero-order valence-corrected chi connectivity index (χ0v) is 14.3. The number of anilines is 1. The van der Waals surface area contributed by atoms with Gasteiger partial charge in [0.05, 0.1) is 29.4 Å². The van der Waals surface area contributed by atoms with E-state index in [0.29, 0.717) is 22.5 Å². The largest absolute Gasteiger partial charge is 0.465 e. The first-order valence-corrected chi connectivity index (χ1v) is 7.85. The Morgan fingerprint density at radius 2 is 1.72 bits per heavy atom. The minimum Gasteiger partial charge on any atom is -0.465 e. The van der Waals surface area contributed by atoms with E-state index < -0.39 is 5.97 Å². The third kappa shape index (κ3) is 3.50. The van der Waals surface area contributed by atoms with Gasteiger partial charge in [-0.25, -0.2) is 4.79 Å². The Morgan fingerprint density at radius 3 is 2.40 bits per heavy atom. The van der Waals surface area contributed by atoms with E-state index in [-0.39, 0.29) is 5.91 Å². The Hall–Kier alpha value is -3.21. The average molecular weight is 334 g/mol. The monoisotopic (exact) mass is 334 g/mol. The molecule has 3 rings (SSSR count). The number of methoxy groups -OCH3 is 1. The van der Waals surface area contributed by atoms with Crippen molar-refractivity contribution in [2.24, 2.45) is 0 Å². The van der Waals surface area contributed by atoms with Gasteiger partial charge in [0.25, 0.3) is 5.91 Å². The van der Waals surface area contributed by atoms with Crippen molar-refractivity contribution >= 4 is 28.5 Å². The number of nitrogens with zero attached hydrogens (tertiary/aromatic N) is 1. The molecule has 0 fully saturated rings. The molecule has 0 aliphatic carbocycles. The smallest absolute Gasteiger partial charge is 0.337 e. The highest BCUT2D eigenvalue weighted by atomic mass is 16.5. The standard InChI is InChI=1S/C20H18N2O3/c1-12-4-9-18-15(10-12)11-17(13(2)21-18)19(23)22-16-7-5-14(6-8-16)20(24)25-3/h4-11H,1-3H3,(H,22,23). The van der Waals surface area contributed by atoms with Crippen LogP contribution in [-0.4, -0.2) is 24.0 Å². The third-order valence-electron chi connectivity index (χ3n) is 3.97. The molecular weight excluding hydrogens is 316 g/mol. The van der Waals surface area contributed by atoms with Crippen molar-refractivity contribution in [3.05, 3.63) is 70.9 Å². The fourth-order valence-electron chi connectivity index (χ4n) is 2.63. The lowest BCUT2D eigenvalue weighted by Gasteiger charge is -2.09. The summed E-state index contributed by atoms with van der Waals surface area (Å²) in [5.41, 5.74) is 4.20. The zero-order valence-electron chi connectivity index (χ0n) is 14.3. The Morgan fingerprint density at radius 1 is 1.00 bits per heavy atom. The van der Waals surface area contributed by atoms with Gasteiger partial charge in [-0.3, -0.25) is 9.78 Å². The van der Waals surface area contributed by atoms with Crippen molar-refractivity contribution in [3.8, 4) is 0 Å². The fraction of sp³-hybridized carbons (Fsp3) is 0.150. The first-order valence-electron chi connectivity index (χ1n) is 7.85. The topological polar surface area (TPSA) is 68.3 Å². The molecule has 1 aromatic heterocycles. The van der Waals surface area contributed by atoms with E-state index in [1.165, 1.54) is 7.11 Å². The van der Waals surface area contributed by atoms with Crippen LogP contribution in [0.15, 0.2) is 48.5 Å². The van der Waals surface area contributed by atoms with Crippen LogP contribution in [0.2, 0.25) is 0 Å². The summed E-state index contributed by atoms with van der Waals surface area (Å²) in [4.78, 5) is 28.5. The van der Waals surface area contributed by atoms with Crippen LogP contribution in [0.25, 0.3) is 10.9 Å². The van der Waals surface area contributed by atoms with Crippen LogP contribution in [-0.2, 0) is 4.74 Å². The van der Waals surface area contributed by atoms with Gasteiger partial charge in [-0.2, -0.15) is 0 Å². The Labute approximate surface area is 145 Å². The van der Waals surface area contributed by atoms with Crippen LogP contribution in [0.5, 0.6) is 0 Å². The molecule has 0 unspecified atom stereocenters. The summed E-state index contributed by atoms with van der Waals surface area (Å²) in [6.07, 6.45) is 0. The SMILES string of the molecule is COC(=O)c1ccc(NC(=O)c2cc3cc(C)ccc3nc2C)cc1. The lowest BCUT2D eigenvalue weighted by atomic mass is 10.1. The number of esters is 1. The summed E-state index contributed by atoms with van der Waals surface area (Å²) >= 11 is 0. The summed E-state index contributed by atoms with van der Waals surface area (Å²) in [5.74, 6) is -0.651. The van der Waals surface area contributed by atoms with Gasteiger partial charge < -0.3 is 10.1 Å². The Kier molecular flexibility index (Phi) is 4.48. The second kappa shape index (κ2) is 6.73. The number of carbonyl (C=O) groups is 2. The molecule has 1 heterocycles. The molecule has 5 heteroatoms. The van der Waals surface area contributed by atoms with Crippen molar-refractivity contribution < 1.29 is 14.3 Å². The highest BCUT2D eigenvalue weighted by Crippen LogP contribution is 2.19. The summed E-state index contributed by atoms with van der Waals surface area (Å²) in [6, 6.07) is 14.3. The molecule has 25 heavy (non-hydrogen) atoms. The first kappa shape index (κ1) is 16.6. The van der Waals surface area contributed by atoms with Crippen molar-refractivity contribution in [2.75, 3.05) is 12.4 Å². The molecule has 0 saturated heterocycles. The van der Waals surface area contributed by atoms with E-state index in [9.17, 15) is 9.59 Å². The predicted molar refractivity (Wildman–Crippen MR) is 97.0 cm³/mol. The molecule has 0 spiro atoms. The van der Waals surface area contributed by atoms with Gasteiger partial charge in [-0.15, -0.1) is 0 Å². The molecular formula is C20H18N2O3. The van der Waals surface area contributed by atoms with Gasteiger partial charge in [0.2, 0.25) is 0 Å². The summed E-state index contributed by atoms with van der Waals surface area (Å²) in [6.45, 7) is 3.82. The van der Waals surface area contributed by atoms with Gasteiger partial charge in [-0.05, 0) is 56.3 Å². The maximum atomic E-state index is 12.6. The second-order valence-electron chi connectivity index (χ2n) is 5.84. The number of nitrogens with one attached hydrogen (secondary N) is 1. The van der Waals surface area contributed by atoms with Crippen LogP contribution in [0.1, 0.15) is 32.0 Å². The van der Waals surface area contributed by atoms with E-state index in [1.807, 2.05) is 38.1 Å². The normalized spacial score (nSPS) is 10.5. The van der Waals surface area contributed by atoms with Gasteiger partial charge in [0.1, 0.15) is 0 Å². The summed E-state index contributed by atoms with van der Waals surface area (Å²) in [5, 5.41) is 3.76. The molecule has 3 aromatic rings. The number of benzene rings is 2. The van der Waals surface area contributed by atoms with Gasteiger partial charge in [0.15, 0.2) is 0 Å². The average Bonchev–Trinajstić information content (AvgIpc) is 2.61. The molecule has 0 atom stereocenters. The summed E-state index contributed by atoms with van der Waals surface area (Å²) < 4.78 is 4.66. The highest BCUT2D eigenvalue weighted by Gasteiger charge is 2.13. The van der Waals surface area contributed by atoms with Crippen molar-refractivity contribution in [1.29, 1.82) is 0 Å². The predicted octanol–water partition coefficient (Wildman–Crippen LogP) is 3.89. The van der Waals surface area contributed by atoms with Crippen LogP contribution in [0, 0.1) is 13.8 Å². The number of fused-ring (bicyclic) bond motifs is 1. The Bertz CT molecular complexity index is 963. The molecule has 0 saturated carbocycles. The van der Waals surface area contributed by atoms with Crippen LogP contribution in [0.3, 0.4) is 0 Å². The van der Waals surface area contributed by atoms with Gasteiger partial charge in [-0.1, -0.05) is 11.6 Å². The number of rotatable bonds is 3. The second-order valence-corrected chi connectivity index (χ2v) is 5.84. The third-order valence-corrected chi connectivity index (χ3v) is 3.97. The maximum Gasteiger partial charge on any atom is 0.337 e. The molecule has 0 aliphatic heterocycles. The maximum absolute atomic E-state index is 12.6. The number of hydrogen-bond acceptors (Lipinski definition) is 4. The number of ether oxygens (including phenoxy) is 1. The zero-order chi connectivity index (χ0) is 18.0. The first-order chi connectivity index (χ1) is 12.0. The minimum atomic E-state index is -0.414. The number of carbonyl (C=O) groups excluding carboxylic acids is 2. The van der Waals surface area contributed by atoms with Gasteiger partial charge in [0, 0.05) is 11.1 Å². The number of aryl methyl sites for hydroxylation is 2. The van der Waals surface area contributed by atoms with E-state index in [1.54, 1.807) is 24.3 Å². The van der Waals surface area contributed by atoms with Gasteiger partial charge >= 0.3 is 5.97 Å². The Balaban J connectivity index is 1.86. The van der Waals surface area contributed by atoms with Crippen molar-refractivity contribution in [1.82, 2.24) is 4.98 Å². The van der Waals surface area contributed by atoms with E-state index >= 15 is 0 Å². The molecule has 0 aliphatic rings. The molecule has 1 amide bonds. The minimum absolute atomic E-state index is 0.237. The fourth-order valence-corrected chi connectivity index (χ4v) is 2.63. The molecule has 5 nitrogen and oxygen atoms in total. The molecule has 0 radical (unpaired) electrons. The number of pyridine rings is 1. The van der Waals surface area contributed by atoms with E-state index in [2.05, 4.69) is 15.0 Å². The van der Waals surface area contributed by atoms with Crippen molar-refractivity contribution in [3.63, 3.8) is 0 Å². The highest BCUT2D eigenvalue weighted by molar-refractivity contribution is 6.07. The van der Waals surface area contributed by atoms with Crippen LogP contribution in [0.4, 0.5) is 5.69 Å². The van der Waals surface area contributed by atoms with E-state index in [0.717, 1.165) is 16.5 Å².